The smallest absolute Gasteiger partial charge is 0.308 e. The minimum atomic E-state index is -0.348. The number of ether oxygens (including phenoxy) is 1. The van der Waals surface area contributed by atoms with E-state index in [0.29, 0.717) is 11.3 Å². The van der Waals surface area contributed by atoms with Crippen molar-refractivity contribution in [2.24, 2.45) is 0 Å². The maximum Gasteiger partial charge on any atom is 0.308 e. The summed E-state index contributed by atoms with van der Waals surface area (Å²) < 4.78 is 5.02. The second-order valence-electron chi connectivity index (χ2n) is 4.30. The number of rotatable bonds is 3. The third-order valence-corrected chi connectivity index (χ3v) is 3.13. The first kappa shape index (κ1) is 13.7. The van der Waals surface area contributed by atoms with Crippen molar-refractivity contribution in [2.75, 3.05) is 0 Å². The molecule has 0 heterocycles. The number of carbonyl (C=O) groups excluding carboxylic acids is 2. The van der Waals surface area contributed by atoms with E-state index in [1.807, 2.05) is 18.2 Å². The fraction of sp³-hybridized carbons (Fsp3) is 0.200. The summed E-state index contributed by atoms with van der Waals surface area (Å²) in [4.78, 5) is 22.6. The van der Waals surface area contributed by atoms with E-state index < -0.39 is 0 Å². The van der Waals surface area contributed by atoms with Crippen LogP contribution in [0.4, 0.5) is 0 Å². The second-order valence-corrected chi connectivity index (χ2v) is 5.67. The summed E-state index contributed by atoms with van der Waals surface area (Å²) in [5.41, 5.74) is 0.664. The number of carbonyl (C=O) groups is 2. The average molecular weight is 321 g/mol. The molecule has 2 aromatic rings. The number of Topliss-reactive ketones (excluding diaryl/α,β-unsaturated/α-hetero) is 1. The minimum Gasteiger partial charge on any atom is -0.427 e. The van der Waals surface area contributed by atoms with Gasteiger partial charge in [0.15, 0.2) is 5.78 Å². The monoisotopic (exact) mass is 320 g/mol. The van der Waals surface area contributed by atoms with E-state index in [9.17, 15) is 9.59 Å². The Morgan fingerprint density at radius 3 is 2.37 bits per heavy atom. The highest BCUT2D eigenvalue weighted by molar-refractivity contribution is 9.10. The van der Waals surface area contributed by atoms with E-state index in [0.717, 1.165) is 10.8 Å². The van der Waals surface area contributed by atoms with Crippen LogP contribution < -0.4 is 4.74 Å². The molecule has 3 nitrogen and oxygen atoms in total. The normalized spacial score (nSPS) is 12.2. The second kappa shape index (κ2) is 5.53. The fourth-order valence-corrected chi connectivity index (χ4v) is 2.10. The summed E-state index contributed by atoms with van der Waals surface area (Å²) in [7, 11) is 0. The number of halogens is 1. The largest absolute Gasteiger partial charge is 0.427 e. The molecule has 0 fully saturated rings. The van der Waals surface area contributed by atoms with Gasteiger partial charge in [-0.3, -0.25) is 9.59 Å². The number of alkyl halides is 1. The summed E-state index contributed by atoms with van der Waals surface area (Å²) in [6.45, 7) is 3.17. The van der Waals surface area contributed by atoms with Gasteiger partial charge in [0.05, 0.1) is 4.83 Å². The molecule has 0 saturated carbocycles. The van der Waals surface area contributed by atoms with Crippen molar-refractivity contribution in [2.45, 2.75) is 18.7 Å². The molecule has 0 aromatic heterocycles. The van der Waals surface area contributed by atoms with Gasteiger partial charge in [0.1, 0.15) is 5.75 Å². The molecule has 0 spiro atoms. The van der Waals surface area contributed by atoms with Gasteiger partial charge in [-0.25, -0.2) is 0 Å². The van der Waals surface area contributed by atoms with Gasteiger partial charge in [0, 0.05) is 12.5 Å². The number of esters is 1. The van der Waals surface area contributed by atoms with Crippen LogP contribution in [0.3, 0.4) is 0 Å². The van der Waals surface area contributed by atoms with Crippen molar-refractivity contribution >= 4 is 38.5 Å². The Morgan fingerprint density at radius 1 is 1.11 bits per heavy atom. The molecule has 1 unspecified atom stereocenters. The average Bonchev–Trinajstić information content (AvgIpc) is 2.36. The minimum absolute atomic E-state index is 0.0472. The zero-order valence-electron chi connectivity index (χ0n) is 10.6. The summed E-state index contributed by atoms with van der Waals surface area (Å²) in [5.74, 6) is 0.207. The van der Waals surface area contributed by atoms with Crippen LogP contribution in [0.2, 0.25) is 0 Å². The number of fused-ring (bicyclic) bond motifs is 1. The van der Waals surface area contributed by atoms with Crippen LogP contribution in [0.5, 0.6) is 5.75 Å². The Morgan fingerprint density at radius 2 is 1.74 bits per heavy atom. The van der Waals surface area contributed by atoms with Crippen LogP contribution in [0.25, 0.3) is 10.8 Å². The van der Waals surface area contributed by atoms with Gasteiger partial charge in [-0.2, -0.15) is 0 Å². The molecule has 0 saturated heterocycles. The molecule has 0 aliphatic rings. The molecular formula is C15H13BrO3. The summed E-state index contributed by atoms with van der Waals surface area (Å²) in [6.07, 6.45) is 0. The third kappa shape index (κ3) is 3.20. The molecule has 98 valence electrons. The molecule has 0 aliphatic carbocycles. The van der Waals surface area contributed by atoms with Crippen molar-refractivity contribution in [1.29, 1.82) is 0 Å². The summed E-state index contributed by atoms with van der Waals surface area (Å²) in [5, 5.41) is 1.87. The maximum absolute atomic E-state index is 11.9. The molecule has 2 aromatic carbocycles. The fourth-order valence-electron chi connectivity index (χ4n) is 1.84. The van der Waals surface area contributed by atoms with Crippen LogP contribution in [0.15, 0.2) is 36.4 Å². The highest BCUT2D eigenvalue weighted by Crippen LogP contribution is 2.23. The molecule has 0 N–H and O–H groups in total. The molecule has 0 aliphatic heterocycles. The van der Waals surface area contributed by atoms with E-state index in [1.165, 1.54) is 6.92 Å². The molecule has 19 heavy (non-hydrogen) atoms. The highest BCUT2D eigenvalue weighted by Gasteiger charge is 2.12. The van der Waals surface area contributed by atoms with Gasteiger partial charge in [0.2, 0.25) is 0 Å². The standard InChI is InChI=1S/C15H13BrO3/c1-9(16)15(18)13-4-3-12-8-14(19-10(2)17)6-5-11(12)7-13/h3-9H,1-2H3. The number of ketones is 1. The molecule has 4 heteroatoms. The summed E-state index contributed by atoms with van der Waals surface area (Å²) >= 11 is 3.27. The van der Waals surface area contributed by atoms with Gasteiger partial charge in [-0.15, -0.1) is 0 Å². The van der Waals surface area contributed by atoms with Gasteiger partial charge in [-0.05, 0) is 35.9 Å². The molecule has 0 amide bonds. The lowest BCUT2D eigenvalue weighted by atomic mass is 10.0. The molecule has 2 rings (SSSR count). The van der Waals surface area contributed by atoms with Crippen LogP contribution in [-0.4, -0.2) is 16.6 Å². The van der Waals surface area contributed by atoms with Crippen LogP contribution in [0, 0.1) is 0 Å². The number of hydrogen-bond acceptors (Lipinski definition) is 3. The highest BCUT2D eigenvalue weighted by atomic mass is 79.9. The van der Waals surface area contributed by atoms with Gasteiger partial charge in [-0.1, -0.05) is 34.1 Å². The topological polar surface area (TPSA) is 43.4 Å². The zero-order chi connectivity index (χ0) is 14.0. The lowest BCUT2D eigenvalue weighted by molar-refractivity contribution is -0.131. The van der Waals surface area contributed by atoms with E-state index in [2.05, 4.69) is 15.9 Å². The number of benzene rings is 2. The third-order valence-electron chi connectivity index (χ3n) is 2.72. The first-order valence-electron chi connectivity index (χ1n) is 5.88. The Kier molecular flexibility index (Phi) is 4.00. The maximum atomic E-state index is 11.9. The molecule has 0 bridgehead atoms. The Bertz CT molecular complexity index is 647. The van der Waals surface area contributed by atoms with E-state index in [4.69, 9.17) is 4.74 Å². The van der Waals surface area contributed by atoms with Crippen LogP contribution >= 0.6 is 15.9 Å². The predicted octanol–water partition coefficient (Wildman–Crippen LogP) is 3.73. The number of hydrogen-bond donors (Lipinski definition) is 0. The SMILES string of the molecule is CC(=O)Oc1ccc2cc(C(=O)C(C)Br)ccc2c1. The Hall–Kier alpha value is -1.68. The van der Waals surface area contributed by atoms with Crippen molar-refractivity contribution in [3.05, 3.63) is 42.0 Å². The molecule has 0 radical (unpaired) electrons. The Labute approximate surface area is 119 Å². The van der Waals surface area contributed by atoms with Crippen molar-refractivity contribution in [1.82, 2.24) is 0 Å². The molecule has 1 atom stereocenters. The first-order valence-corrected chi connectivity index (χ1v) is 6.79. The van der Waals surface area contributed by atoms with E-state index in [-0.39, 0.29) is 16.6 Å². The van der Waals surface area contributed by atoms with Crippen molar-refractivity contribution in [3.63, 3.8) is 0 Å². The first-order chi connectivity index (χ1) is 8.97. The van der Waals surface area contributed by atoms with Crippen LogP contribution in [-0.2, 0) is 4.79 Å². The molecular weight excluding hydrogens is 308 g/mol. The lowest BCUT2D eigenvalue weighted by Crippen LogP contribution is -2.09. The summed E-state index contributed by atoms with van der Waals surface area (Å²) in [6, 6.07) is 10.8. The van der Waals surface area contributed by atoms with Gasteiger partial charge < -0.3 is 4.74 Å². The Balaban J connectivity index is 2.40. The predicted molar refractivity (Wildman–Crippen MR) is 78.0 cm³/mol. The van der Waals surface area contributed by atoms with E-state index in [1.54, 1.807) is 25.1 Å². The van der Waals surface area contributed by atoms with Gasteiger partial charge >= 0.3 is 5.97 Å². The van der Waals surface area contributed by atoms with Gasteiger partial charge in [0.25, 0.3) is 0 Å². The van der Waals surface area contributed by atoms with Crippen molar-refractivity contribution < 1.29 is 14.3 Å². The van der Waals surface area contributed by atoms with E-state index >= 15 is 0 Å². The van der Waals surface area contributed by atoms with Crippen molar-refractivity contribution in [3.8, 4) is 5.75 Å². The lowest BCUT2D eigenvalue weighted by Gasteiger charge is -2.06. The van der Waals surface area contributed by atoms with Crippen LogP contribution in [0.1, 0.15) is 24.2 Å². The quantitative estimate of drug-likeness (QED) is 0.374. The zero-order valence-corrected chi connectivity index (χ0v) is 12.2.